The molecule has 4 N–H and O–H groups in total. The van der Waals surface area contributed by atoms with E-state index in [0.717, 1.165) is 12.8 Å². The van der Waals surface area contributed by atoms with Crippen LogP contribution in [0.15, 0.2) is 22.9 Å². The molecule has 1 aliphatic heterocycles. The molecule has 1 saturated carbocycles. The molecule has 2 aliphatic rings. The van der Waals surface area contributed by atoms with E-state index in [1.54, 1.807) is 0 Å². The molecule has 1 heterocycles. The van der Waals surface area contributed by atoms with Crippen molar-refractivity contribution in [3.8, 4) is 0 Å². The van der Waals surface area contributed by atoms with Crippen LogP contribution in [0.25, 0.3) is 0 Å². The highest BCUT2D eigenvalue weighted by Gasteiger charge is 2.44. The topological polar surface area (TPSA) is 81.3 Å². The van der Waals surface area contributed by atoms with Gasteiger partial charge < -0.3 is 20.7 Å². The van der Waals surface area contributed by atoms with Crippen LogP contribution in [0.5, 0.6) is 0 Å². The number of nitrogens with two attached hydrogens (primary N) is 1. The second-order valence-electron chi connectivity index (χ2n) is 4.20. The Bertz CT molecular complexity index is 323. The number of rotatable bonds is 4. The van der Waals surface area contributed by atoms with E-state index in [9.17, 15) is 4.55 Å². The molecular formula is C10H16N2O2S. The maximum atomic E-state index is 11.6. The van der Waals surface area contributed by atoms with Gasteiger partial charge in [0, 0.05) is 6.42 Å². The van der Waals surface area contributed by atoms with Crippen molar-refractivity contribution in [3.05, 3.63) is 22.9 Å². The van der Waals surface area contributed by atoms with E-state index in [-0.39, 0.29) is 12.1 Å². The first-order valence-electron chi connectivity index (χ1n) is 5.03. The summed E-state index contributed by atoms with van der Waals surface area (Å²) in [4.78, 5) is 0.648. The molecule has 0 amide bonds. The number of hydrogen-bond acceptors (Lipinski definition) is 4. The van der Waals surface area contributed by atoms with Crippen LogP contribution in [-0.4, -0.2) is 27.6 Å². The van der Waals surface area contributed by atoms with E-state index in [4.69, 9.17) is 10.8 Å². The Balaban J connectivity index is 2.05. The molecule has 15 heavy (non-hydrogen) atoms. The maximum absolute atomic E-state index is 11.6. The molecule has 0 aromatic heterocycles. The molecule has 2 rings (SSSR count). The zero-order chi connectivity index (χ0) is 11.1. The summed E-state index contributed by atoms with van der Waals surface area (Å²) >= 11 is -1.02. The first-order valence-corrected chi connectivity index (χ1v) is 6.35. The van der Waals surface area contributed by atoms with Gasteiger partial charge in [-0.05, 0) is 24.0 Å². The van der Waals surface area contributed by atoms with Crippen molar-refractivity contribution in [3.63, 3.8) is 0 Å². The van der Waals surface area contributed by atoms with E-state index >= 15 is 0 Å². The summed E-state index contributed by atoms with van der Waals surface area (Å²) in [5, 5.41) is 12.3. The predicted octanol–water partition coefficient (Wildman–Crippen LogP) is -0.0627. The second-order valence-corrected chi connectivity index (χ2v) is 5.70. The summed E-state index contributed by atoms with van der Waals surface area (Å²) in [6, 6.07) is 0. The summed E-state index contributed by atoms with van der Waals surface area (Å²) in [5.41, 5.74) is 6.84. The van der Waals surface area contributed by atoms with Crippen LogP contribution in [0.2, 0.25) is 0 Å². The molecule has 1 unspecified atom stereocenters. The lowest BCUT2D eigenvalue weighted by Gasteiger charge is -2.19. The lowest BCUT2D eigenvalue weighted by Crippen LogP contribution is -2.35. The lowest BCUT2D eigenvalue weighted by molar-refractivity contribution is 0.239. The molecule has 1 aliphatic carbocycles. The smallest absolute Gasteiger partial charge is 0.194 e. The van der Waals surface area contributed by atoms with Gasteiger partial charge in [-0.25, -0.2) is 0 Å². The van der Waals surface area contributed by atoms with Crippen molar-refractivity contribution in [2.24, 2.45) is 5.73 Å². The van der Waals surface area contributed by atoms with E-state index in [1.807, 2.05) is 0 Å². The molecule has 1 fully saturated rings. The van der Waals surface area contributed by atoms with Gasteiger partial charge in [-0.2, -0.15) is 0 Å². The molecular weight excluding hydrogens is 212 g/mol. The summed E-state index contributed by atoms with van der Waals surface area (Å²) in [6.45, 7) is 3.95. The number of nitrogens with one attached hydrogen (secondary N) is 1. The van der Waals surface area contributed by atoms with Gasteiger partial charge in [0.2, 0.25) is 0 Å². The fraction of sp³-hybridized carbons (Fsp3) is 0.600. The molecule has 1 atom stereocenters. The minimum atomic E-state index is -1.02. The third kappa shape index (κ3) is 2.00. The molecule has 4 nitrogen and oxygen atoms in total. The number of hydrogen-bond donors (Lipinski definition) is 3. The average molecular weight is 228 g/mol. The Morgan fingerprint density at radius 3 is 2.73 bits per heavy atom. The third-order valence-corrected chi connectivity index (χ3v) is 4.46. The monoisotopic (exact) mass is 228 g/mol. The molecule has 0 saturated heterocycles. The van der Waals surface area contributed by atoms with Crippen LogP contribution >= 0.6 is 0 Å². The van der Waals surface area contributed by atoms with Crippen molar-refractivity contribution in [2.45, 2.75) is 24.8 Å². The first-order chi connectivity index (χ1) is 7.08. The van der Waals surface area contributed by atoms with Gasteiger partial charge >= 0.3 is 0 Å². The summed E-state index contributed by atoms with van der Waals surface area (Å²) in [6.07, 6.45) is 2.54. The van der Waals surface area contributed by atoms with E-state index < -0.39 is 11.2 Å². The summed E-state index contributed by atoms with van der Waals surface area (Å²) < 4.78 is 11.6. The molecule has 0 bridgehead atoms. The normalized spacial score (nSPS) is 28.0. The van der Waals surface area contributed by atoms with Crippen LogP contribution in [0, 0.1) is 0 Å². The largest absolute Gasteiger partial charge is 0.611 e. The highest BCUT2D eigenvalue weighted by molar-refractivity contribution is 7.95. The highest BCUT2D eigenvalue weighted by Crippen LogP contribution is 2.37. The Labute approximate surface area is 92.4 Å². The lowest BCUT2D eigenvalue weighted by atomic mass is 10.2. The Hall–Kier alpha value is -0.650. The van der Waals surface area contributed by atoms with Gasteiger partial charge in [-0.1, -0.05) is 6.58 Å². The van der Waals surface area contributed by atoms with E-state index in [1.165, 1.54) is 0 Å². The van der Waals surface area contributed by atoms with Crippen LogP contribution < -0.4 is 11.1 Å². The van der Waals surface area contributed by atoms with Crippen LogP contribution in [0.1, 0.15) is 19.3 Å². The SMILES string of the molecule is C=C(NC1(CO)CC1)C1=C(N)CC[S+]1[O-]. The van der Waals surface area contributed by atoms with Crippen LogP contribution in [-0.2, 0) is 11.2 Å². The van der Waals surface area contributed by atoms with Crippen molar-refractivity contribution in [2.75, 3.05) is 12.4 Å². The highest BCUT2D eigenvalue weighted by atomic mass is 32.2. The van der Waals surface area contributed by atoms with Gasteiger partial charge in [-0.15, -0.1) is 0 Å². The number of allylic oxidation sites excluding steroid dienone is 1. The molecule has 0 radical (unpaired) electrons. The Morgan fingerprint density at radius 2 is 2.33 bits per heavy atom. The fourth-order valence-corrected chi connectivity index (χ4v) is 3.08. The summed E-state index contributed by atoms with van der Waals surface area (Å²) in [7, 11) is 0. The third-order valence-electron chi connectivity index (χ3n) is 2.92. The standard InChI is InChI=1S/C10H16N2O2S/c1-7(12-10(6-13)3-4-10)9-8(11)2-5-15(9)14/h12-13H,1-6,11H2. The van der Waals surface area contributed by atoms with Crippen LogP contribution in [0.3, 0.4) is 0 Å². The zero-order valence-corrected chi connectivity index (χ0v) is 9.40. The van der Waals surface area contributed by atoms with Gasteiger partial charge in [0.05, 0.1) is 23.5 Å². The molecule has 84 valence electrons. The van der Waals surface area contributed by atoms with Crippen molar-refractivity contribution >= 4 is 11.2 Å². The van der Waals surface area contributed by atoms with Crippen molar-refractivity contribution in [1.82, 2.24) is 5.32 Å². The number of aliphatic hydroxyl groups is 1. The van der Waals surface area contributed by atoms with Crippen molar-refractivity contribution < 1.29 is 9.66 Å². The van der Waals surface area contributed by atoms with Gasteiger partial charge in [0.25, 0.3) is 0 Å². The summed E-state index contributed by atoms with van der Waals surface area (Å²) in [5.74, 6) is 0.591. The number of aliphatic hydroxyl groups excluding tert-OH is 1. The zero-order valence-electron chi connectivity index (χ0n) is 8.58. The van der Waals surface area contributed by atoms with Crippen molar-refractivity contribution in [1.29, 1.82) is 0 Å². The molecule has 0 spiro atoms. The maximum Gasteiger partial charge on any atom is 0.194 e. The second kappa shape index (κ2) is 3.73. The van der Waals surface area contributed by atoms with Gasteiger partial charge in [-0.3, -0.25) is 0 Å². The molecule has 0 aromatic rings. The van der Waals surface area contributed by atoms with Crippen LogP contribution in [0.4, 0.5) is 0 Å². The molecule has 5 heteroatoms. The first kappa shape index (κ1) is 10.9. The minimum absolute atomic E-state index is 0.0891. The Kier molecular flexibility index (Phi) is 2.70. The molecule has 0 aromatic carbocycles. The Morgan fingerprint density at radius 1 is 1.67 bits per heavy atom. The fourth-order valence-electron chi connectivity index (χ4n) is 1.75. The van der Waals surface area contributed by atoms with Gasteiger partial charge in [0.1, 0.15) is 5.75 Å². The van der Waals surface area contributed by atoms with Gasteiger partial charge in [0.15, 0.2) is 4.91 Å². The quantitative estimate of drug-likeness (QED) is 0.589. The van der Waals surface area contributed by atoms with E-state index in [0.29, 0.717) is 28.5 Å². The predicted molar refractivity (Wildman–Crippen MR) is 60.2 cm³/mol. The minimum Gasteiger partial charge on any atom is -0.611 e. The van der Waals surface area contributed by atoms with E-state index in [2.05, 4.69) is 11.9 Å². The average Bonchev–Trinajstić information content (AvgIpc) is 2.88.